The standard InChI is InChI=1S/C21H22FN3O3S/c22-13-8-6-12(7-9-13)11-25-17-18(27)16(26)10-15(20(23)28)19(17)29-21(25)24-14-4-2-1-3-5-14/h1-9,15-19,26-27H,10-11H2,(H2,23,28)/t15-,16+,17+,18-,19+/m0/s1. The van der Waals surface area contributed by atoms with Gasteiger partial charge < -0.3 is 20.8 Å². The minimum Gasteiger partial charge on any atom is -0.390 e. The first kappa shape index (κ1) is 19.9. The molecule has 152 valence electrons. The van der Waals surface area contributed by atoms with Gasteiger partial charge in [-0.1, -0.05) is 42.1 Å². The quantitative estimate of drug-likeness (QED) is 0.710. The zero-order valence-electron chi connectivity index (χ0n) is 15.6. The smallest absolute Gasteiger partial charge is 0.221 e. The summed E-state index contributed by atoms with van der Waals surface area (Å²) in [7, 11) is 0. The monoisotopic (exact) mass is 415 g/mol. The number of amidine groups is 1. The average molecular weight is 415 g/mol. The third kappa shape index (κ3) is 4.01. The highest BCUT2D eigenvalue weighted by atomic mass is 32.2. The molecule has 29 heavy (non-hydrogen) atoms. The number of aliphatic imine (C=N–C) groups is 1. The van der Waals surface area contributed by atoms with Gasteiger partial charge >= 0.3 is 0 Å². The normalized spacial score (nSPS) is 30.4. The van der Waals surface area contributed by atoms with Crippen LogP contribution in [0.25, 0.3) is 0 Å². The molecule has 2 aromatic carbocycles. The van der Waals surface area contributed by atoms with E-state index in [0.29, 0.717) is 11.7 Å². The highest BCUT2D eigenvalue weighted by Gasteiger charge is 2.54. The molecule has 4 rings (SSSR count). The number of nitrogens with two attached hydrogens (primary N) is 1. The maximum atomic E-state index is 13.3. The number of carbonyl (C=O) groups is 1. The van der Waals surface area contributed by atoms with Crippen molar-refractivity contribution in [2.75, 3.05) is 0 Å². The van der Waals surface area contributed by atoms with Crippen LogP contribution in [0.3, 0.4) is 0 Å². The number of thioether (sulfide) groups is 1. The number of amides is 1. The van der Waals surface area contributed by atoms with Crippen molar-refractivity contribution in [3.8, 4) is 0 Å². The lowest BCUT2D eigenvalue weighted by Crippen LogP contribution is -2.58. The average Bonchev–Trinajstić information content (AvgIpc) is 3.05. The molecular weight excluding hydrogens is 393 g/mol. The fourth-order valence-electron chi connectivity index (χ4n) is 3.97. The van der Waals surface area contributed by atoms with Crippen LogP contribution in [-0.2, 0) is 11.3 Å². The van der Waals surface area contributed by atoms with Crippen molar-refractivity contribution in [2.24, 2.45) is 16.6 Å². The molecule has 5 atom stereocenters. The van der Waals surface area contributed by atoms with E-state index < -0.39 is 30.1 Å². The summed E-state index contributed by atoms with van der Waals surface area (Å²) in [4.78, 5) is 18.6. The number of aliphatic hydroxyl groups excluding tert-OH is 2. The molecule has 1 saturated heterocycles. The first-order valence-electron chi connectivity index (χ1n) is 9.41. The van der Waals surface area contributed by atoms with Gasteiger partial charge in [0.2, 0.25) is 5.91 Å². The number of rotatable bonds is 4. The number of hydrogen-bond donors (Lipinski definition) is 3. The SMILES string of the molecule is NC(=O)[C@H]1C[C@@H](O)[C@H](O)[C@@H]2[C@@H]1SC(=Nc1ccccc1)N2Cc1ccc(F)cc1. The summed E-state index contributed by atoms with van der Waals surface area (Å²) in [6.45, 7) is 0.357. The highest BCUT2D eigenvalue weighted by Crippen LogP contribution is 2.45. The number of benzene rings is 2. The van der Waals surface area contributed by atoms with Gasteiger partial charge in [0, 0.05) is 11.8 Å². The highest BCUT2D eigenvalue weighted by molar-refractivity contribution is 8.14. The topological polar surface area (TPSA) is 99.2 Å². The van der Waals surface area contributed by atoms with E-state index in [1.165, 1.54) is 23.9 Å². The first-order chi connectivity index (χ1) is 13.9. The van der Waals surface area contributed by atoms with E-state index in [0.717, 1.165) is 11.3 Å². The minimum absolute atomic E-state index is 0.119. The zero-order valence-corrected chi connectivity index (χ0v) is 16.4. The molecule has 0 aromatic heterocycles. The van der Waals surface area contributed by atoms with E-state index >= 15 is 0 Å². The van der Waals surface area contributed by atoms with Crippen LogP contribution in [0.2, 0.25) is 0 Å². The molecule has 1 saturated carbocycles. The predicted octanol–water partition coefficient (Wildman–Crippen LogP) is 2.03. The van der Waals surface area contributed by atoms with E-state index in [1.54, 1.807) is 12.1 Å². The van der Waals surface area contributed by atoms with Crippen molar-refractivity contribution in [3.05, 3.63) is 66.0 Å². The molecule has 6 nitrogen and oxygen atoms in total. The van der Waals surface area contributed by atoms with E-state index in [1.807, 2.05) is 35.2 Å². The Bertz CT molecular complexity index is 909. The summed E-state index contributed by atoms with van der Waals surface area (Å²) in [5.74, 6) is -1.41. The number of primary amides is 1. The van der Waals surface area contributed by atoms with Crippen LogP contribution in [0.4, 0.5) is 10.1 Å². The zero-order chi connectivity index (χ0) is 20.5. The van der Waals surface area contributed by atoms with Gasteiger partial charge in [0.15, 0.2) is 5.17 Å². The molecular formula is C21H22FN3O3S. The van der Waals surface area contributed by atoms with Gasteiger partial charge in [0.25, 0.3) is 0 Å². The van der Waals surface area contributed by atoms with Gasteiger partial charge in [-0.05, 0) is 36.2 Å². The number of carbonyl (C=O) groups excluding carboxylic acids is 1. The molecule has 1 aliphatic heterocycles. The van der Waals surface area contributed by atoms with Crippen molar-refractivity contribution >= 4 is 28.5 Å². The summed E-state index contributed by atoms with van der Waals surface area (Å²) in [6, 6.07) is 14.9. The van der Waals surface area contributed by atoms with Crippen molar-refractivity contribution in [1.82, 2.24) is 4.90 Å². The lowest BCUT2D eigenvalue weighted by molar-refractivity contribution is -0.128. The fraction of sp³-hybridized carbons (Fsp3) is 0.333. The van der Waals surface area contributed by atoms with Gasteiger partial charge in [-0.2, -0.15) is 0 Å². The van der Waals surface area contributed by atoms with Crippen molar-refractivity contribution in [2.45, 2.75) is 36.5 Å². The van der Waals surface area contributed by atoms with Crippen molar-refractivity contribution in [3.63, 3.8) is 0 Å². The number of halogens is 1. The molecule has 2 aromatic rings. The fourth-order valence-corrected chi connectivity index (χ4v) is 5.55. The molecule has 0 bridgehead atoms. The molecule has 1 aliphatic carbocycles. The molecule has 0 radical (unpaired) electrons. The Kier molecular flexibility index (Phi) is 5.58. The van der Waals surface area contributed by atoms with E-state index in [4.69, 9.17) is 10.7 Å². The van der Waals surface area contributed by atoms with Gasteiger partial charge in [0.1, 0.15) is 11.9 Å². The second-order valence-electron chi connectivity index (χ2n) is 7.36. The Labute approximate surface area is 172 Å². The van der Waals surface area contributed by atoms with Crippen LogP contribution >= 0.6 is 11.8 Å². The van der Waals surface area contributed by atoms with Crippen LogP contribution in [0, 0.1) is 11.7 Å². The third-order valence-corrected chi connectivity index (χ3v) is 6.85. The van der Waals surface area contributed by atoms with Crippen molar-refractivity contribution < 1.29 is 19.4 Å². The Morgan fingerprint density at radius 3 is 2.52 bits per heavy atom. The Morgan fingerprint density at radius 1 is 1.17 bits per heavy atom. The van der Waals surface area contributed by atoms with Crippen LogP contribution in [0.1, 0.15) is 12.0 Å². The number of nitrogens with zero attached hydrogens (tertiary/aromatic N) is 2. The van der Waals surface area contributed by atoms with E-state index in [9.17, 15) is 19.4 Å². The second kappa shape index (κ2) is 8.14. The van der Waals surface area contributed by atoms with Gasteiger partial charge in [-0.25, -0.2) is 9.38 Å². The summed E-state index contributed by atoms with van der Waals surface area (Å²) >= 11 is 1.39. The number of aliphatic hydroxyl groups is 2. The largest absolute Gasteiger partial charge is 0.390 e. The maximum absolute atomic E-state index is 13.3. The molecule has 2 fully saturated rings. The molecule has 1 amide bonds. The maximum Gasteiger partial charge on any atom is 0.221 e. The van der Waals surface area contributed by atoms with E-state index in [-0.39, 0.29) is 17.5 Å². The van der Waals surface area contributed by atoms with Gasteiger partial charge in [-0.3, -0.25) is 4.79 Å². The van der Waals surface area contributed by atoms with Crippen LogP contribution < -0.4 is 5.73 Å². The second-order valence-corrected chi connectivity index (χ2v) is 8.51. The Morgan fingerprint density at radius 2 is 1.86 bits per heavy atom. The Balaban J connectivity index is 1.73. The number of fused-ring (bicyclic) bond motifs is 1. The summed E-state index contributed by atoms with van der Waals surface area (Å²) in [5.41, 5.74) is 7.17. The molecule has 4 N–H and O–H groups in total. The summed E-state index contributed by atoms with van der Waals surface area (Å²) in [6.07, 6.45) is -1.98. The lowest BCUT2D eigenvalue weighted by atomic mass is 9.80. The molecule has 0 unspecified atom stereocenters. The van der Waals surface area contributed by atoms with Crippen LogP contribution in [0.5, 0.6) is 0 Å². The Hall–Kier alpha value is -2.42. The number of hydrogen-bond acceptors (Lipinski definition) is 5. The molecule has 8 heteroatoms. The van der Waals surface area contributed by atoms with Crippen LogP contribution in [0.15, 0.2) is 59.6 Å². The summed E-state index contributed by atoms with van der Waals surface area (Å²) < 4.78 is 13.3. The van der Waals surface area contributed by atoms with E-state index in [2.05, 4.69) is 0 Å². The minimum atomic E-state index is -1.05. The predicted molar refractivity (Wildman–Crippen MR) is 110 cm³/mol. The third-order valence-electron chi connectivity index (χ3n) is 5.43. The molecule has 1 heterocycles. The number of para-hydroxylation sites is 1. The lowest BCUT2D eigenvalue weighted by Gasteiger charge is -2.41. The van der Waals surface area contributed by atoms with Crippen molar-refractivity contribution in [1.29, 1.82) is 0 Å². The van der Waals surface area contributed by atoms with Crippen LogP contribution in [-0.4, -0.2) is 49.7 Å². The molecule has 2 aliphatic rings. The first-order valence-corrected chi connectivity index (χ1v) is 10.3. The summed E-state index contributed by atoms with van der Waals surface area (Å²) in [5, 5.41) is 21.4. The van der Waals surface area contributed by atoms with Gasteiger partial charge in [0.05, 0.1) is 23.8 Å². The van der Waals surface area contributed by atoms with Gasteiger partial charge in [-0.15, -0.1) is 0 Å². The molecule has 0 spiro atoms.